The molecule has 0 aromatic heterocycles. The molecule has 0 saturated heterocycles. The van der Waals surface area contributed by atoms with Crippen molar-refractivity contribution in [3.8, 4) is 0 Å². The van der Waals surface area contributed by atoms with E-state index in [1.165, 1.54) is 0 Å². The van der Waals surface area contributed by atoms with Crippen molar-refractivity contribution >= 4 is 12.1 Å². The Morgan fingerprint density at radius 2 is 1.75 bits per heavy atom. The van der Waals surface area contributed by atoms with Crippen molar-refractivity contribution in [3.63, 3.8) is 0 Å². The highest BCUT2D eigenvalue weighted by molar-refractivity contribution is 5.72. The van der Waals surface area contributed by atoms with Crippen molar-refractivity contribution in [3.05, 3.63) is 47.5 Å². The summed E-state index contributed by atoms with van der Waals surface area (Å²) in [4.78, 5) is 23.6. The van der Waals surface area contributed by atoms with Gasteiger partial charge in [-0.2, -0.15) is 13.2 Å². The number of amides is 1. The number of alkyl halides is 3. The minimum absolute atomic E-state index is 0.0671. The molecule has 28 heavy (non-hydrogen) atoms. The van der Waals surface area contributed by atoms with Crippen molar-refractivity contribution < 1.29 is 32.2 Å². The van der Waals surface area contributed by atoms with E-state index in [1.54, 1.807) is 58.0 Å². The van der Waals surface area contributed by atoms with Gasteiger partial charge in [0.15, 0.2) is 0 Å². The maximum Gasteiger partial charge on any atom is 0.414 e. The molecular weight excluding hydrogens is 375 g/mol. The lowest BCUT2D eigenvalue weighted by Crippen LogP contribution is -2.44. The fraction of sp³-hybridized carbons (Fsp3) is 0.500. The van der Waals surface area contributed by atoms with Crippen LogP contribution in [0.15, 0.2) is 42.0 Å². The second-order valence-electron chi connectivity index (χ2n) is 7.05. The number of halogens is 3. The molecule has 1 rings (SSSR count). The number of benzene rings is 1. The first-order valence-electron chi connectivity index (χ1n) is 8.88. The summed E-state index contributed by atoms with van der Waals surface area (Å²) in [5, 5.41) is 2.28. The number of hydrogen-bond donors (Lipinski definition) is 1. The van der Waals surface area contributed by atoms with Crippen LogP contribution in [0.3, 0.4) is 0 Å². The van der Waals surface area contributed by atoms with E-state index in [0.717, 1.165) is 6.08 Å². The summed E-state index contributed by atoms with van der Waals surface area (Å²) in [7, 11) is 0. The third kappa shape index (κ3) is 8.92. The number of alkyl carbamates (subject to hydrolysis) is 1. The van der Waals surface area contributed by atoms with Crippen molar-refractivity contribution in [1.29, 1.82) is 0 Å². The van der Waals surface area contributed by atoms with Crippen molar-refractivity contribution in [2.45, 2.75) is 58.4 Å². The van der Waals surface area contributed by atoms with Crippen LogP contribution >= 0.6 is 0 Å². The monoisotopic (exact) mass is 401 g/mol. The zero-order valence-corrected chi connectivity index (χ0v) is 16.4. The molecule has 1 atom stereocenters. The lowest BCUT2D eigenvalue weighted by molar-refractivity contribution is -0.142. The number of nitrogens with one attached hydrogen (secondary N) is 1. The summed E-state index contributed by atoms with van der Waals surface area (Å²) in [5.74, 6) is -0.778. The Labute approximate surface area is 162 Å². The lowest BCUT2D eigenvalue weighted by atomic mass is 9.97. The van der Waals surface area contributed by atoms with Gasteiger partial charge in [0.2, 0.25) is 0 Å². The summed E-state index contributed by atoms with van der Waals surface area (Å²) in [6.07, 6.45) is -5.64. The summed E-state index contributed by atoms with van der Waals surface area (Å²) < 4.78 is 50.8. The van der Waals surface area contributed by atoms with Gasteiger partial charge < -0.3 is 14.8 Å². The van der Waals surface area contributed by atoms with E-state index in [9.17, 15) is 22.8 Å². The summed E-state index contributed by atoms with van der Waals surface area (Å²) in [6.45, 7) is 6.46. The maximum absolute atomic E-state index is 13.7. The van der Waals surface area contributed by atoms with Gasteiger partial charge in [-0.25, -0.2) is 4.79 Å². The molecule has 0 radical (unpaired) electrons. The minimum atomic E-state index is -4.75. The van der Waals surface area contributed by atoms with E-state index in [2.05, 4.69) is 10.1 Å². The topological polar surface area (TPSA) is 64.6 Å². The molecule has 0 aliphatic heterocycles. The molecule has 0 heterocycles. The molecule has 8 heteroatoms. The first kappa shape index (κ1) is 23.5. The Morgan fingerprint density at radius 1 is 1.14 bits per heavy atom. The number of carbonyl (C=O) groups excluding carboxylic acids is 2. The van der Waals surface area contributed by atoms with E-state index in [-0.39, 0.29) is 13.0 Å². The number of carbonyl (C=O) groups is 2. The van der Waals surface area contributed by atoms with Crippen LogP contribution in [0, 0.1) is 0 Å². The molecule has 5 nitrogen and oxygen atoms in total. The lowest BCUT2D eigenvalue weighted by Gasteiger charge is -2.26. The third-order valence-electron chi connectivity index (χ3n) is 3.47. The van der Waals surface area contributed by atoms with Crippen LogP contribution in [0.5, 0.6) is 0 Å². The fourth-order valence-electron chi connectivity index (χ4n) is 2.41. The van der Waals surface area contributed by atoms with Gasteiger partial charge in [0.25, 0.3) is 0 Å². The number of esters is 1. The van der Waals surface area contributed by atoms with Crippen molar-refractivity contribution in [2.24, 2.45) is 0 Å². The molecular formula is C20H26F3NO4. The number of ether oxygens (including phenoxy) is 2. The smallest absolute Gasteiger partial charge is 0.414 e. The Hall–Kier alpha value is -2.51. The van der Waals surface area contributed by atoms with E-state index in [4.69, 9.17) is 4.74 Å². The van der Waals surface area contributed by atoms with Gasteiger partial charge in [0.05, 0.1) is 24.6 Å². The molecule has 0 aliphatic carbocycles. The van der Waals surface area contributed by atoms with E-state index >= 15 is 0 Å². The van der Waals surface area contributed by atoms with Crippen LogP contribution < -0.4 is 5.32 Å². The van der Waals surface area contributed by atoms with Crippen LogP contribution in [0.2, 0.25) is 0 Å². The standard InChI is InChI=1S/C20H26F3NO4/c1-5-27-17(25)12-11-15(20(21,22)23)16(13-14-9-7-6-8-10-14)24-18(26)28-19(2,3)4/h6-11,16H,5,12-13H2,1-4H3,(H,24,26)/b15-11-/t16-/m0/s1. The van der Waals surface area contributed by atoms with Crippen LogP contribution in [0.4, 0.5) is 18.0 Å². The average Bonchev–Trinajstić information content (AvgIpc) is 2.53. The molecule has 0 aliphatic rings. The molecule has 1 amide bonds. The van der Waals surface area contributed by atoms with Gasteiger partial charge in [-0.3, -0.25) is 4.79 Å². The zero-order valence-electron chi connectivity index (χ0n) is 16.4. The molecule has 1 N–H and O–H groups in total. The third-order valence-corrected chi connectivity index (χ3v) is 3.47. The second kappa shape index (κ2) is 10.1. The number of hydrogen-bond acceptors (Lipinski definition) is 4. The van der Waals surface area contributed by atoms with Crippen LogP contribution in [0.25, 0.3) is 0 Å². The molecule has 0 fully saturated rings. The minimum Gasteiger partial charge on any atom is -0.466 e. The van der Waals surface area contributed by atoms with Gasteiger partial charge >= 0.3 is 18.2 Å². The Morgan fingerprint density at radius 3 is 2.25 bits per heavy atom. The molecule has 0 bridgehead atoms. The predicted molar refractivity (Wildman–Crippen MR) is 98.7 cm³/mol. The predicted octanol–water partition coefficient (Wildman–Crippen LogP) is 4.56. The summed E-state index contributed by atoms with van der Waals surface area (Å²) in [5.41, 5.74) is -1.31. The van der Waals surface area contributed by atoms with Gasteiger partial charge in [-0.05, 0) is 39.7 Å². The van der Waals surface area contributed by atoms with Crippen molar-refractivity contribution in [2.75, 3.05) is 6.61 Å². The largest absolute Gasteiger partial charge is 0.466 e. The van der Waals surface area contributed by atoms with Crippen LogP contribution in [-0.4, -0.2) is 36.5 Å². The van der Waals surface area contributed by atoms with E-state index < -0.39 is 41.9 Å². The van der Waals surface area contributed by atoms with Gasteiger partial charge in [-0.1, -0.05) is 36.4 Å². The molecule has 0 saturated carbocycles. The Balaban J connectivity index is 3.16. The maximum atomic E-state index is 13.7. The number of rotatable bonds is 7. The highest BCUT2D eigenvalue weighted by Crippen LogP contribution is 2.30. The Bertz CT molecular complexity index is 679. The molecule has 156 valence electrons. The van der Waals surface area contributed by atoms with Crippen LogP contribution in [-0.2, 0) is 20.7 Å². The van der Waals surface area contributed by atoms with Gasteiger partial charge in [0, 0.05) is 0 Å². The zero-order chi connectivity index (χ0) is 21.4. The second-order valence-corrected chi connectivity index (χ2v) is 7.05. The van der Waals surface area contributed by atoms with Crippen LogP contribution in [0.1, 0.15) is 39.7 Å². The van der Waals surface area contributed by atoms with Gasteiger partial charge in [0.1, 0.15) is 5.60 Å². The fourth-order valence-corrected chi connectivity index (χ4v) is 2.41. The average molecular weight is 401 g/mol. The highest BCUT2D eigenvalue weighted by atomic mass is 19.4. The first-order valence-corrected chi connectivity index (χ1v) is 8.88. The summed E-state index contributed by atoms with van der Waals surface area (Å²) in [6, 6.07) is 7.00. The van der Waals surface area contributed by atoms with E-state index in [0.29, 0.717) is 5.56 Å². The Kier molecular flexibility index (Phi) is 8.53. The normalized spacial score (nSPS) is 13.6. The quantitative estimate of drug-likeness (QED) is 0.537. The van der Waals surface area contributed by atoms with Gasteiger partial charge in [-0.15, -0.1) is 0 Å². The van der Waals surface area contributed by atoms with Crippen molar-refractivity contribution in [1.82, 2.24) is 5.32 Å². The molecule has 1 aromatic carbocycles. The SMILES string of the molecule is CCOC(=O)C/C=C(/[C@H](Cc1ccccc1)NC(=O)OC(C)(C)C)C(F)(F)F. The summed E-state index contributed by atoms with van der Waals surface area (Å²) >= 11 is 0. The van der Waals surface area contributed by atoms with E-state index in [1.807, 2.05) is 0 Å². The molecule has 1 aromatic rings. The highest BCUT2D eigenvalue weighted by Gasteiger charge is 2.39. The first-order chi connectivity index (χ1) is 12.9. The molecule has 0 spiro atoms. The molecule has 0 unspecified atom stereocenters.